The summed E-state index contributed by atoms with van der Waals surface area (Å²) in [6.45, 7) is 1.98. The molecule has 0 unspecified atom stereocenters. The summed E-state index contributed by atoms with van der Waals surface area (Å²) in [6.07, 6.45) is 0.744. The van der Waals surface area contributed by atoms with Crippen molar-refractivity contribution in [3.05, 3.63) is 36.1 Å². The molecule has 0 fully saturated rings. The van der Waals surface area contributed by atoms with Gasteiger partial charge in [-0.2, -0.15) is 0 Å². The van der Waals surface area contributed by atoms with E-state index in [0.717, 1.165) is 17.0 Å². The molecule has 0 spiro atoms. The largest absolute Gasteiger partial charge is 0.305 e. The van der Waals surface area contributed by atoms with Crippen molar-refractivity contribution in [2.24, 2.45) is 0 Å². The first-order valence-electron chi connectivity index (χ1n) is 4.66. The van der Waals surface area contributed by atoms with Gasteiger partial charge >= 0.3 is 0 Å². The predicted molar refractivity (Wildman–Crippen MR) is 75.3 cm³/mol. The summed E-state index contributed by atoms with van der Waals surface area (Å²) in [4.78, 5) is 19.7. The van der Waals surface area contributed by atoms with Crippen LogP contribution in [-0.2, 0) is 6.42 Å². The Bertz CT molecular complexity index is 578. The van der Waals surface area contributed by atoms with Gasteiger partial charge in [0.1, 0.15) is 0 Å². The molecule has 0 radical (unpaired) electrons. The molecule has 0 bridgehead atoms. The minimum atomic E-state index is -0.0908. The molecule has 84 valence electrons. The third kappa shape index (κ3) is 2.31. The molecule has 16 heavy (non-hydrogen) atoms. The van der Waals surface area contributed by atoms with Gasteiger partial charge in [-0.05, 0) is 41.1 Å². The van der Waals surface area contributed by atoms with Crippen LogP contribution < -0.4 is 5.56 Å². The molecule has 1 N–H and O–H groups in total. The van der Waals surface area contributed by atoms with Crippen molar-refractivity contribution in [3.8, 4) is 10.7 Å². The second-order valence-electron chi connectivity index (χ2n) is 3.13. The normalized spacial score (nSPS) is 10.7. The molecular formula is C10H8ClIN2OS. The van der Waals surface area contributed by atoms with E-state index in [9.17, 15) is 4.79 Å². The molecule has 0 aromatic carbocycles. The Labute approximate surface area is 115 Å². The molecule has 0 amide bonds. The van der Waals surface area contributed by atoms with Crippen LogP contribution in [0.15, 0.2) is 16.9 Å². The van der Waals surface area contributed by atoms with Gasteiger partial charge < -0.3 is 4.98 Å². The summed E-state index contributed by atoms with van der Waals surface area (Å²) >= 11 is 9.27. The molecule has 2 heterocycles. The lowest BCUT2D eigenvalue weighted by Gasteiger charge is -2.02. The number of hydrogen-bond acceptors (Lipinski definition) is 3. The second kappa shape index (κ2) is 4.85. The van der Waals surface area contributed by atoms with Crippen LogP contribution in [0.25, 0.3) is 10.7 Å². The Morgan fingerprint density at radius 1 is 1.56 bits per heavy atom. The van der Waals surface area contributed by atoms with Gasteiger partial charge in [-0.3, -0.25) is 4.79 Å². The van der Waals surface area contributed by atoms with E-state index in [1.165, 1.54) is 11.3 Å². The van der Waals surface area contributed by atoms with Crippen molar-refractivity contribution in [2.75, 3.05) is 0 Å². The maximum atomic E-state index is 11.7. The average Bonchev–Trinajstić information content (AvgIpc) is 2.69. The van der Waals surface area contributed by atoms with Crippen LogP contribution in [0.3, 0.4) is 0 Å². The van der Waals surface area contributed by atoms with Crippen molar-refractivity contribution >= 4 is 45.5 Å². The molecule has 2 rings (SSSR count). The van der Waals surface area contributed by atoms with E-state index in [1.54, 1.807) is 6.07 Å². The van der Waals surface area contributed by atoms with Gasteiger partial charge in [0.05, 0.1) is 18.5 Å². The van der Waals surface area contributed by atoms with Crippen LogP contribution in [0, 0.1) is 3.57 Å². The number of halogens is 2. The number of rotatable bonds is 2. The van der Waals surface area contributed by atoms with Crippen LogP contribution >= 0.6 is 45.5 Å². The third-order valence-electron chi connectivity index (χ3n) is 2.07. The summed E-state index contributed by atoms with van der Waals surface area (Å²) in [7, 11) is 0. The number of H-pyrrole nitrogens is 1. The Kier molecular flexibility index (Phi) is 3.66. The lowest BCUT2D eigenvalue weighted by Crippen LogP contribution is -2.15. The molecule has 0 aliphatic heterocycles. The standard InChI is InChI=1S/C10H8ClIN2OS/c1-2-5-8(12)10(15)14-9(13-5)6-3-4-7(11)16-6/h3-4H,2H2,1H3,(H,13,14,15). The molecule has 2 aromatic rings. The molecule has 0 saturated carbocycles. The number of nitrogens with zero attached hydrogens (tertiary/aromatic N) is 1. The fraction of sp³-hybridized carbons (Fsp3) is 0.200. The van der Waals surface area contributed by atoms with Crippen LogP contribution in [0.2, 0.25) is 4.34 Å². The number of aromatic amines is 1. The first-order chi connectivity index (χ1) is 7.61. The molecule has 2 aromatic heterocycles. The quantitative estimate of drug-likeness (QED) is 0.829. The van der Waals surface area contributed by atoms with Crippen molar-refractivity contribution in [1.82, 2.24) is 9.97 Å². The number of nitrogens with one attached hydrogen (secondary N) is 1. The highest BCUT2D eigenvalue weighted by atomic mass is 127. The first-order valence-corrected chi connectivity index (χ1v) is 6.93. The zero-order valence-electron chi connectivity index (χ0n) is 8.38. The highest BCUT2D eigenvalue weighted by Gasteiger charge is 2.10. The maximum Gasteiger partial charge on any atom is 0.264 e. The van der Waals surface area contributed by atoms with Gasteiger partial charge in [-0.25, -0.2) is 4.98 Å². The first kappa shape index (κ1) is 12.1. The van der Waals surface area contributed by atoms with E-state index in [-0.39, 0.29) is 5.56 Å². The molecular weight excluding hydrogens is 359 g/mol. The van der Waals surface area contributed by atoms with E-state index >= 15 is 0 Å². The van der Waals surface area contributed by atoms with Crippen LogP contribution in [0.4, 0.5) is 0 Å². The zero-order valence-corrected chi connectivity index (χ0v) is 12.1. The van der Waals surface area contributed by atoms with E-state index in [1.807, 2.05) is 35.6 Å². The number of thiophene rings is 1. The topological polar surface area (TPSA) is 45.8 Å². The average molecular weight is 367 g/mol. The molecule has 0 saturated heterocycles. The Balaban J connectivity index is 2.59. The summed E-state index contributed by atoms with van der Waals surface area (Å²) in [5, 5.41) is 0. The molecule has 0 aliphatic rings. The van der Waals surface area contributed by atoms with E-state index in [0.29, 0.717) is 13.7 Å². The van der Waals surface area contributed by atoms with Gasteiger partial charge in [-0.15, -0.1) is 11.3 Å². The van der Waals surface area contributed by atoms with Crippen LogP contribution in [-0.4, -0.2) is 9.97 Å². The van der Waals surface area contributed by atoms with Gasteiger partial charge in [0.25, 0.3) is 5.56 Å². The van der Waals surface area contributed by atoms with Gasteiger partial charge in [0.15, 0.2) is 5.82 Å². The van der Waals surface area contributed by atoms with Gasteiger partial charge in [0.2, 0.25) is 0 Å². The minimum absolute atomic E-state index is 0.0908. The fourth-order valence-corrected chi connectivity index (χ4v) is 2.92. The van der Waals surface area contributed by atoms with Crippen LogP contribution in [0.5, 0.6) is 0 Å². The Morgan fingerprint density at radius 3 is 2.88 bits per heavy atom. The Morgan fingerprint density at radius 2 is 2.31 bits per heavy atom. The molecule has 0 atom stereocenters. The molecule has 6 heteroatoms. The van der Waals surface area contributed by atoms with Crippen molar-refractivity contribution in [1.29, 1.82) is 0 Å². The maximum absolute atomic E-state index is 11.7. The number of aryl methyl sites for hydroxylation is 1. The fourth-order valence-electron chi connectivity index (χ4n) is 1.30. The zero-order chi connectivity index (χ0) is 11.7. The summed E-state index contributed by atoms with van der Waals surface area (Å²) in [5.41, 5.74) is 0.732. The SMILES string of the molecule is CCc1nc(-c2ccc(Cl)s2)[nH]c(=O)c1I. The van der Waals surface area contributed by atoms with Crippen LogP contribution in [0.1, 0.15) is 12.6 Å². The highest BCUT2D eigenvalue weighted by molar-refractivity contribution is 14.1. The van der Waals surface area contributed by atoms with Crippen molar-refractivity contribution < 1.29 is 0 Å². The van der Waals surface area contributed by atoms with Gasteiger partial charge in [-0.1, -0.05) is 18.5 Å². The number of hydrogen-bond donors (Lipinski definition) is 1. The van der Waals surface area contributed by atoms with E-state index < -0.39 is 0 Å². The summed E-state index contributed by atoms with van der Waals surface area (Å²) in [6, 6.07) is 3.66. The summed E-state index contributed by atoms with van der Waals surface area (Å²) < 4.78 is 1.35. The third-order valence-corrected chi connectivity index (χ3v) is 4.42. The lowest BCUT2D eigenvalue weighted by atomic mass is 10.3. The molecule has 3 nitrogen and oxygen atoms in total. The monoisotopic (exact) mass is 366 g/mol. The predicted octanol–water partition coefficient (Wildman–Crippen LogP) is 3.32. The smallest absolute Gasteiger partial charge is 0.264 e. The van der Waals surface area contributed by atoms with Crippen molar-refractivity contribution in [2.45, 2.75) is 13.3 Å². The van der Waals surface area contributed by atoms with E-state index in [2.05, 4.69) is 9.97 Å². The minimum Gasteiger partial charge on any atom is -0.305 e. The number of aromatic nitrogens is 2. The van der Waals surface area contributed by atoms with E-state index in [4.69, 9.17) is 11.6 Å². The lowest BCUT2D eigenvalue weighted by molar-refractivity contribution is 0.971. The van der Waals surface area contributed by atoms with Crippen molar-refractivity contribution in [3.63, 3.8) is 0 Å². The van der Waals surface area contributed by atoms with Gasteiger partial charge in [0, 0.05) is 0 Å². The second-order valence-corrected chi connectivity index (χ2v) is 5.93. The molecule has 0 aliphatic carbocycles. The highest BCUT2D eigenvalue weighted by Crippen LogP contribution is 2.28. The Hall–Kier alpha value is -0.400. The summed E-state index contributed by atoms with van der Waals surface area (Å²) in [5.74, 6) is 0.596.